The lowest BCUT2D eigenvalue weighted by atomic mass is 10.0. The normalized spacial score (nSPS) is 18.9. The third-order valence-electron chi connectivity index (χ3n) is 5.02. The maximum Gasteiger partial charge on any atom is 0.226 e. The SMILES string of the molecule is CCNC(=NCCCc1nc(C(C)C)no1)NCCCN1CCCCC1C. The fourth-order valence-electron chi connectivity index (χ4n) is 3.35. The summed E-state index contributed by atoms with van der Waals surface area (Å²) in [6, 6.07) is 0.738. The van der Waals surface area contributed by atoms with E-state index in [-0.39, 0.29) is 0 Å². The second-order valence-corrected chi connectivity index (χ2v) is 7.73. The molecule has 1 atom stereocenters. The maximum absolute atomic E-state index is 5.28. The van der Waals surface area contributed by atoms with Crippen molar-refractivity contribution in [2.75, 3.05) is 32.7 Å². The van der Waals surface area contributed by atoms with Crippen molar-refractivity contribution in [2.24, 2.45) is 4.99 Å². The molecule has 0 aromatic carbocycles. The van der Waals surface area contributed by atoms with Crippen molar-refractivity contribution in [1.82, 2.24) is 25.7 Å². The van der Waals surface area contributed by atoms with Crippen molar-refractivity contribution in [3.63, 3.8) is 0 Å². The van der Waals surface area contributed by atoms with Crippen LogP contribution < -0.4 is 10.6 Å². The number of guanidine groups is 1. The van der Waals surface area contributed by atoms with Gasteiger partial charge < -0.3 is 20.1 Å². The van der Waals surface area contributed by atoms with Crippen LogP contribution in [0.3, 0.4) is 0 Å². The summed E-state index contributed by atoms with van der Waals surface area (Å²) in [5, 5.41) is 10.8. The van der Waals surface area contributed by atoms with Crippen LogP contribution in [-0.2, 0) is 6.42 Å². The molecular weight excluding hydrogens is 340 g/mol. The van der Waals surface area contributed by atoms with Crippen LogP contribution in [0.25, 0.3) is 0 Å². The topological polar surface area (TPSA) is 78.6 Å². The number of aliphatic imine (C=N–C) groups is 1. The zero-order valence-corrected chi connectivity index (χ0v) is 17.6. The Morgan fingerprint density at radius 3 is 2.85 bits per heavy atom. The number of nitrogens with one attached hydrogen (secondary N) is 2. The minimum atomic E-state index is 0.304. The predicted molar refractivity (Wildman–Crippen MR) is 110 cm³/mol. The first-order valence-electron chi connectivity index (χ1n) is 10.7. The van der Waals surface area contributed by atoms with Crippen molar-refractivity contribution in [3.8, 4) is 0 Å². The van der Waals surface area contributed by atoms with E-state index < -0.39 is 0 Å². The van der Waals surface area contributed by atoms with Crippen molar-refractivity contribution < 1.29 is 4.52 Å². The van der Waals surface area contributed by atoms with E-state index in [2.05, 4.69) is 58.4 Å². The summed E-state index contributed by atoms with van der Waals surface area (Å²) in [5.41, 5.74) is 0. The zero-order chi connectivity index (χ0) is 19.5. The number of hydrogen-bond acceptors (Lipinski definition) is 5. The van der Waals surface area contributed by atoms with Gasteiger partial charge in [0.15, 0.2) is 11.8 Å². The highest BCUT2D eigenvalue weighted by atomic mass is 16.5. The van der Waals surface area contributed by atoms with Crippen LogP contribution in [-0.4, -0.2) is 59.8 Å². The second kappa shape index (κ2) is 12.0. The Morgan fingerprint density at radius 1 is 1.30 bits per heavy atom. The highest BCUT2D eigenvalue weighted by Gasteiger charge is 2.17. The molecule has 1 fully saturated rings. The van der Waals surface area contributed by atoms with E-state index in [4.69, 9.17) is 4.52 Å². The molecule has 1 aromatic heterocycles. The standard InChI is InChI=1S/C20H38N6O/c1-5-21-20(23-13-9-15-26-14-7-6-10-17(26)4)22-12-8-11-18-24-19(16(2)3)25-27-18/h16-17H,5-15H2,1-4H3,(H2,21,22,23). The van der Waals surface area contributed by atoms with Crippen LogP contribution in [0, 0.1) is 0 Å². The number of rotatable bonds is 10. The number of nitrogens with zero attached hydrogens (tertiary/aromatic N) is 4. The maximum atomic E-state index is 5.28. The summed E-state index contributed by atoms with van der Waals surface area (Å²) in [4.78, 5) is 11.7. The number of aromatic nitrogens is 2. The van der Waals surface area contributed by atoms with Crippen LogP contribution in [0.5, 0.6) is 0 Å². The number of piperidine rings is 1. The van der Waals surface area contributed by atoms with Crippen LogP contribution in [0.4, 0.5) is 0 Å². The molecule has 2 rings (SSSR count). The summed E-state index contributed by atoms with van der Waals surface area (Å²) < 4.78 is 5.28. The smallest absolute Gasteiger partial charge is 0.226 e. The average Bonchev–Trinajstić information content (AvgIpc) is 3.13. The van der Waals surface area contributed by atoms with E-state index >= 15 is 0 Å². The Bertz CT molecular complexity index is 556. The molecule has 7 nitrogen and oxygen atoms in total. The van der Waals surface area contributed by atoms with Gasteiger partial charge in [-0.05, 0) is 46.1 Å². The summed E-state index contributed by atoms with van der Waals surface area (Å²) in [5.74, 6) is 2.70. The van der Waals surface area contributed by atoms with E-state index in [1.807, 2.05) is 0 Å². The van der Waals surface area contributed by atoms with Gasteiger partial charge in [0.1, 0.15) is 0 Å². The Hall–Kier alpha value is -1.63. The number of hydrogen-bond donors (Lipinski definition) is 2. The Kier molecular flexibility index (Phi) is 9.59. The van der Waals surface area contributed by atoms with Crippen LogP contribution >= 0.6 is 0 Å². The molecule has 0 aliphatic carbocycles. The van der Waals surface area contributed by atoms with Crippen LogP contribution in [0.2, 0.25) is 0 Å². The van der Waals surface area contributed by atoms with Gasteiger partial charge in [0.2, 0.25) is 5.89 Å². The van der Waals surface area contributed by atoms with Crippen LogP contribution in [0.15, 0.2) is 9.52 Å². The number of aryl methyl sites for hydroxylation is 1. The fraction of sp³-hybridized carbons (Fsp3) is 0.850. The second-order valence-electron chi connectivity index (χ2n) is 7.73. The number of likely N-dealkylation sites (tertiary alicyclic amines) is 1. The minimum Gasteiger partial charge on any atom is -0.357 e. The molecule has 0 bridgehead atoms. The lowest BCUT2D eigenvalue weighted by Crippen LogP contribution is -2.41. The molecule has 27 heavy (non-hydrogen) atoms. The van der Waals surface area contributed by atoms with Crippen molar-refractivity contribution >= 4 is 5.96 Å². The van der Waals surface area contributed by atoms with Gasteiger partial charge in [0, 0.05) is 44.6 Å². The minimum absolute atomic E-state index is 0.304. The molecule has 154 valence electrons. The highest BCUT2D eigenvalue weighted by Crippen LogP contribution is 2.16. The summed E-state index contributed by atoms with van der Waals surface area (Å²) in [7, 11) is 0. The predicted octanol–water partition coefficient (Wildman–Crippen LogP) is 2.95. The van der Waals surface area contributed by atoms with Gasteiger partial charge in [0.25, 0.3) is 0 Å². The fourth-order valence-corrected chi connectivity index (χ4v) is 3.35. The van der Waals surface area contributed by atoms with Crippen molar-refractivity contribution in [3.05, 3.63) is 11.7 Å². The van der Waals surface area contributed by atoms with Gasteiger partial charge in [-0.25, -0.2) is 0 Å². The quantitative estimate of drug-likeness (QED) is 0.370. The van der Waals surface area contributed by atoms with E-state index in [0.29, 0.717) is 11.8 Å². The molecule has 2 N–H and O–H groups in total. The molecular formula is C20H38N6O. The zero-order valence-electron chi connectivity index (χ0n) is 17.6. The van der Waals surface area contributed by atoms with Gasteiger partial charge in [0.05, 0.1) is 0 Å². The van der Waals surface area contributed by atoms with Crippen molar-refractivity contribution in [2.45, 2.75) is 78.2 Å². The lowest BCUT2D eigenvalue weighted by Gasteiger charge is -2.33. The first-order chi connectivity index (χ1) is 13.1. The largest absolute Gasteiger partial charge is 0.357 e. The van der Waals surface area contributed by atoms with Crippen molar-refractivity contribution in [1.29, 1.82) is 0 Å². The summed E-state index contributed by atoms with van der Waals surface area (Å²) in [6.45, 7) is 13.6. The van der Waals surface area contributed by atoms with Gasteiger partial charge >= 0.3 is 0 Å². The molecule has 0 amide bonds. The van der Waals surface area contributed by atoms with Gasteiger partial charge in [-0.3, -0.25) is 4.99 Å². The van der Waals surface area contributed by atoms with Gasteiger partial charge in [-0.1, -0.05) is 25.4 Å². The molecule has 7 heteroatoms. The lowest BCUT2D eigenvalue weighted by molar-refractivity contribution is 0.159. The molecule has 0 radical (unpaired) electrons. The van der Waals surface area contributed by atoms with Gasteiger partial charge in [-0.15, -0.1) is 0 Å². The summed E-state index contributed by atoms with van der Waals surface area (Å²) >= 11 is 0. The third kappa shape index (κ3) is 7.87. The third-order valence-corrected chi connectivity index (χ3v) is 5.02. The Morgan fingerprint density at radius 2 is 2.15 bits per heavy atom. The van der Waals surface area contributed by atoms with Crippen LogP contribution in [0.1, 0.15) is 77.4 Å². The monoisotopic (exact) mass is 378 g/mol. The molecule has 1 unspecified atom stereocenters. The molecule has 2 heterocycles. The molecule has 1 aromatic rings. The van der Waals surface area contributed by atoms with E-state index in [1.165, 1.54) is 32.4 Å². The first kappa shape index (κ1) is 21.7. The molecule has 0 spiro atoms. The first-order valence-corrected chi connectivity index (χ1v) is 10.7. The van der Waals surface area contributed by atoms with E-state index in [9.17, 15) is 0 Å². The van der Waals surface area contributed by atoms with E-state index in [0.717, 1.165) is 56.7 Å². The summed E-state index contributed by atoms with van der Waals surface area (Å²) in [6.07, 6.45) is 6.90. The Balaban J connectivity index is 1.65. The molecule has 0 saturated carbocycles. The average molecular weight is 379 g/mol. The molecule has 1 aliphatic heterocycles. The molecule has 1 aliphatic rings. The Labute approximate surface area is 164 Å². The highest BCUT2D eigenvalue weighted by molar-refractivity contribution is 5.79. The van der Waals surface area contributed by atoms with E-state index in [1.54, 1.807) is 0 Å². The molecule has 1 saturated heterocycles. The van der Waals surface area contributed by atoms with Gasteiger partial charge in [-0.2, -0.15) is 4.98 Å².